The van der Waals surface area contributed by atoms with E-state index >= 15 is 0 Å². The Morgan fingerprint density at radius 2 is 1.93 bits per heavy atom. The van der Waals surface area contributed by atoms with Crippen molar-refractivity contribution in [2.24, 2.45) is 11.7 Å². The first-order chi connectivity index (χ1) is 22.2. The number of carbonyl (C=O) groups excluding carboxylic acids is 4. The molecule has 1 saturated carbocycles. The van der Waals surface area contributed by atoms with Gasteiger partial charge in [-0.1, -0.05) is 18.6 Å². The van der Waals surface area contributed by atoms with Crippen molar-refractivity contribution < 1.29 is 33.0 Å². The molecular formula is C33H34FN6O6. The normalized spacial score (nSPS) is 25.6. The molecule has 239 valence electrons. The minimum absolute atomic E-state index is 0.0110. The maximum Gasteiger partial charge on any atom is 0.318 e. The van der Waals surface area contributed by atoms with E-state index in [1.165, 1.54) is 36.3 Å². The second-order valence-electron chi connectivity index (χ2n) is 11.8. The molecule has 4 N–H and O–H groups in total. The largest absolute Gasteiger partial charge is 0.496 e. The highest BCUT2D eigenvalue weighted by Gasteiger charge is 2.56. The van der Waals surface area contributed by atoms with Gasteiger partial charge in [0, 0.05) is 24.4 Å². The Morgan fingerprint density at radius 1 is 1.13 bits per heavy atom. The van der Waals surface area contributed by atoms with Gasteiger partial charge in [-0.05, 0) is 62.1 Å². The molecule has 13 heteroatoms. The fourth-order valence-corrected chi connectivity index (χ4v) is 6.12. The zero-order valence-corrected chi connectivity index (χ0v) is 25.3. The Hall–Kier alpha value is -5.07. The van der Waals surface area contributed by atoms with E-state index < -0.39 is 41.3 Å². The summed E-state index contributed by atoms with van der Waals surface area (Å²) in [6.45, 7) is 0.490. The number of nitrogens with zero attached hydrogens (tertiary/aromatic N) is 3. The van der Waals surface area contributed by atoms with E-state index in [0.717, 1.165) is 25.7 Å². The van der Waals surface area contributed by atoms with Crippen molar-refractivity contribution in [2.75, 3.05) is 20.2 Å². The quantitative estimate of drug-likeness (QED) is 0.350. The van der Waals surface area contributed by atoms with E-state index in [9.17, 15) is 23.6 Å². The molecule has 1 radical (unpaired) electrons. The van der Waals surface area contributed by atoms with Crippen LogP contribution in [-0.4, -0.2) is 76.9 Å². The molecule has 1 aromatic heterocycles. The standard InChI is InChI=1S/C33H34FN6O6/c1-45-25-13-12-23-27(26(25)28(35)42)37-29(19-8-10-21(34)11-9-19)38-31(23)46-22-15-24-30(43)39-33(18-41)16-20(33)7-5-3-2-4-6-14-36-32(44)40(24)17-22/h5,7-13,20,22,24H,2-4,6,14-17H2,1H3,(H2,35,42)(H,36,44)(H,39,43)/b7-5+. The van der Waals surface area contributed by atoms with Crippen LogP contribution in [0, 0.1) is 11.7 Å². The van der Waals surface area contributed by atoms with Crippen LogP contribution < -0.4 is 25.8 Å². The minimum Gasteiger partial charge on any atom is -0.496 e. The van der Waals surface area contributed by atoms with Gasteiger partial charge >= 0.3 is 6.03 Å². The van der Waals surface area contributed by atoms with Gasteiger partial charge < -0.3 is 30.7 Å². The lowest BCUT2D eigenvalue weighted by molar-refractivity contribution is -0.125. The van der Waals surface area contributed by atoms with E-state index in [2.05, 4.69) is 20.6 Å². The number of halogens is 1. The van der Waals surface area contributed by atoms with Crippen LogP contribution in [0.3, 0.4) is 0 Å². The van der Waals surface area contributed by atoms with Gasteiger partial charge in [0.15, 0.2) is 5.82 Å². The lowest BCUT2D eigenvalue weighted by Gasteiger charge is -2.25. The first-order valence-corrected chi connectivity index (χ1v) is 15.3. The summed E-state index contributed by atoms with van der Waals surface area (Å²) >= 11 is 0. The van der Waals surface area contributed by atoms with Crippen LogP contribution in [0.4, 0.5) is 9.18 Å². The number of fused-ring (bicyclic) bond motifs is 3. The summed E-state index contributed by atoms with van der Waals surface area (Å²) in [5, 5.41) is 6.10. The number of rotatable bonds is 6. The SMILES string of the molecule is COc1ccc2c(OC3CC4C(=O)NC5([C]=O)CC5/C=C/CCCCCNC(=O)N4C3)nc(-c3ccc(F)cc3)nc2c1C(N)=O. The Balaban J connectivity index is 1.35. The average molecular weight is 630 g/mol. The van der Waals surface area contributed by atoms with Crippen LogP contribution in [-0.2, 0) is 9.59 Å². The number of nitrogens with two attached hydrogens (primary N) is 1. The van der Waals surface area contributed by atoms with E-state index in [1.807, 2.05) is 18.4 Å². The second-order valence-corrected chi connectivity index (χ2v) is 11.8. The van der Waals surface area contributed by atoms with Gasteiger partial charge in [-0.3, -0.25) is 14.4 Å². The second kappa shape index (κ2) is 12.7. The van der Waals surface area contributed by atoms with Gasteiger partial charge in [0.25, 0.3) is 5.91 Å². The van der Waals surface area contributed by atoms with Crippen molar-refractivity contribution in [3.05, 3.63) is 59.9 Å². The molecule has 3 heterocycles. The Kier molecular flexibility index (Phi) is 8.57. The molecule has 3 aliphatic rings. The van der Waals surface area contributed by atoms with E-state index in [-0.39, 0.29) is 47.4 Å². The van der Waals surface area contributed by atoms with Crippen LogP contribution in [0.25, 0.3) is 22.3 Å². The number of hydrogen-bond acceptors (Lipinski definition) is 8. The minimum atomic E-state index is -1.12. The van der Waals surface area contributed by atoms with Gasteiger partial charge in [-0.2, -0.15) is 4.98 Å². The molecule has 2 aliphatic heterocycles. The molecule has 4 amide bonds. The van der Waals surface area contributed by atoms with Crippen LogP contribution in [0.5, 0.6) is 11.6 Å². The van der Waals surface area contributed by atoms with Gasteiger partial charge in [0.2, 0.25) is 18.1 Å². The lowest BCUT2D eigenvalue weighted by Crippen LogP contribution is -2.53. The molecule has 4 atom stereocenters. The van der Waals surface area contributed by atoms with Crippen LogP contribution in [0.15, 0.2) is 48.6 Å². The van der Waals surface area contributed by atoms with Crippen molar-refractivity contribution >= 4 is 35.0 Å². The summed E-state index contributed by atoms with van der Waals surface area (Å²) in [5.74, 6) is -1.45. The summed E-state index contributed by atoms with van der Waals surface area (Å²) in [6.07, 6.45) is 9.36. The number of aromatic nitrogens is 2. The van der Waals surface area contributed by atoms with Crippen molar-refractivity contribution in [3.63, 3.8) is 0 Å². The number of nitrogens with one attached hydrogen (secondary N) is 2. The number of urea groups is 1. The zero-order valence-electron chi connectivity index (χ0n) is 25.3. The highest BCUT2D eigenvalue weighted by Crippen LogP contribution is 2.43. The number of hydrogen-bond donors (Lipinski definition) is 3. The molecule has 46 heavy (non-hydrogen) atoms. The van der Waals surface area contributed by atoms with Crippen LogP contribution >= 0.6 is 0 Å². The zero-order chi connectivity index (χ0) is 32.4. The summed E-state index contributed by atoms with van der Waals surface area (Å²) < 4.78 is 25.5. The summed E-state index contributed by atoms with van der Waals surface area (Å²) in [6, 6.07) is 7.32. The first-order valence-electron chi connectivity index (χ1n) is 15.3. The topological polar surface area (TPSA) is 166 Å². The number of methoxy groups -OCH3 is 1. The summed E-state index contributed by atoms with van der Waals surface area (Å²) in [7, 11) is 1.40. The molecular weight excluding hydrogens is 595 g/mol. The predicted octanol–water partition coefficient (Wildman–Crippen LogP) is 3.19. The van der Waals surface area contributed by atoms with E-state index in [4.69, 9.17) is 15.2 Å². The molecule has 4 unspecified atom stereocenters. The number of ether oxygens (including phenoxy) is 2. The van der Waals surface area contributed by atoms with E-state index in [1.54, 1.807) is 12.1 Å². The monoisotopic (exact) mass is 629 g/mol. The third-order valence-corrected chi connectivity index (χ3v) is 8.70. The van der Waals surface area contributed by atoms with E-state index in [0.29, 0.717) is 23.9 Å². The van der Waals surface area contributed by atoms with Gasteiger partial charge in [-0.25, -0.2) is 14.2 Å². The Morgan fingerprint density at radius 3 is 2.67 bits per heavy atom. The number of allylic oxidation sites excluding steroid dienone is 1. The molecule has 3 aromatic rings. The van der Waals surface area contributed by atoms with Crippen LogP contribution in [0.1, 0.15) is 48.9 Å². The molecule has 12 nitrogen and oxygen atoms in total. The molecule has 2 aromatic carbocycles. The summed E-state index contributed by atoms with van der Waals surface area (Å²) in [4.78, 5) is 62.1. The van der Waals surface area contributed by atoms with Crippen molar-refractivity contribution in [3.8, 4) is 23.0 Å². The highest BCUT2D eigenvalue weighted by molar-refractivity contribution is 6.08. The molecule has 0 bridgehead atoms. The Labute approximate surface area is 264 Å². The number of benzene rings is 2. The average Bonchev–Trinajstić information content (AvgIpc) is 3.56. The fraction of sp³-hybridized carbons (Fsp3) is 0.394. The maximum absolute atomic E-state index is 13.7. The first kappa shape index (κ1) is 30.9. The smallest absolute Gasteiger partial charge is 0.318 e. The van der Waals surface area contributed by atoms with Gasteiger partial charge in [0.1, 0.15) is 34.8 Å². The Bertz CT molecular complexity index is 1710. The number of carbonyl (C=O) groups is 3. The van der Waals surface area contributed by atoms with Gasteiger partial charge in [0.05, 0.1) is 24.6 Å². The molecule has 6 rings (SSSR count). The maximum atomic E-state index is 13.7. The molecule has 2 fully saturated rings. The number of primary amides is 1. The summed E-state index contributed by atoms with van der Waals surface area (Å²) in [5.41, 5.74) is 5.24. The van der Waals surface area contributed by atoms with Crippen molar-refractivity contribution in [1.29, 1.82) is 0 Å². The molecule has 1 saturated heterocycles. The third kappa shape index (κ3) is 6.09. The lowest BCUT2D eigenvalue weighted by atomic mass is 10.1. The third-order valence-electron chi connectivity index (χ3n) is 8.70. The van der Waals surface area contributed by atoms with Crippen molar-refractivity contribution in [1.82, 2.24) is 25.5 Å². The number of amides is 4. The highest BCUT2D eigenvalue weighted by atomic mass is 19.1. The predicted molar refractivity (Wildman–Crippen MR) is 165 cm³/mol. The fourth-order valence-electron chi connectivity index (χ4n) is 6.12. The van der Waals surface area contributed by atoms with Gasteiger partial charge in [-0.15, -0.1) is 0 Å². The van der Waals surface area contributed by atoms with Crippen molar-refractivity contribution in [2.45, 2.75) is 56.2 Å². The molecule has 0 spiro atoms. The van der Waals surface area contributed by atoms with Crippen LogP contribution in [0.2, 0.25) is 0 Å². The molecule has 1 aliphatic carbocycles.